The third-order valence-corrected chi connectivity index (χ3v) is 4.15. The first-order chi connectivity index (χ1) is 12.1. The van der Waals surface area contributed by atoms with Gasteiger partial charge in [-0.25, -0.2) is 9.78 Å². The normalized spacial score (nSPS) is 10.9. The highest BCUT2D eigenvalue weighted by molar-refractivity contribution is 6.31. The highest BCUT2D eigenvalue weighted by Crippen LogP contribution is 2.31. The van der Waals surface area contributed by atoms with Crippen LogP contribution in [0.3, 0.4) is 0 Å². The molecule has 2 aromatic carbocycles. The highest BCUT2D eigenvalue weighted by atomic mass is 35.5. The van der Waals surface area contributed by atoms with Crippen LogP contribution in [0.4, 0.5) is 0 Å². The van der Waals surface area contributed by atoms with Crippen LogP contribution in [0, 0.1) is 0 Å². The van der Waals surface area contributed by atoms with Crippen molar-refractivity contribution >= 4 is 28.5 Å². The van der Waals surface area contributed by atoms with Gasteiger partial charge in [-0.2, -0.15) is 0 Å². The van der Waals surface area contributed by atoms with E-state index in [2.05, 4.69) is 4.98 Å². The maximum Gasteiger partial charge on any atom is 0.336 e. The van der Waals surface area contributed by atoms with Gasteiger partial charge >= 0.3 is 5.97 Å². The summed E-state index contributed by atoms with van der Waals surface area (Å²) in [5.74, 6) is 0.175. The van der Waals surface area contributed by atoms with Gasteiger partial charge < -0.3 is 9.52 Å². The number of carbonyl (C=O) groups is 1. The van der Waals surface area contributed by atoms with Crippen molar-refractivity contribution in [1.29, 1.82) is 0 Å². The van der Waals surface area contributed by atoms with Crippen LogP contribution in [0.15, 0.2) is 71.1 Å². The molecule has 0 aliphatic heterocycles. The molecule has 0 aliphatic carbocycles. The minimum atomic E-state index is -1.04. The van der Waals surface area contributed by atoms with Crippen LogP contribution >= 0.6 is 11.6 Å². The van der Waals surface area contributed by atoms with E-state index >= 15 is 0 Å². The number of nitrogens with zero attached hydrogens (tertiary/aromatic N) is 1. The Labute approximate surface area is 148 Å². The number of carboxylic acids is 1. The molecule has 0 radical (unpaired) electrons. The van der Waals surface area contributed by atoms with Gasteiger partial charge in [0.25, 0.3) is 0 Å². The zero-order valence-electron chi connectivity index (χ0n) is 12.9. The summed E-state index contributed by atoms with van der Waals surface area (Å²) in [4.78, 5) is 16.2. The molecule has 1 N–H and O–H groups in total. The van der Waals surface area contributed by atoms with Crippen LogP contribution in [0.2, 0.25) is 5.02 Å². The highest BCUT2D eigenvalue weighted by Gasteiger charge is 2.15. The van der Waals surface area contributed by atoms with E-state index < -0.39 is 5.97 Å². The molecular weight excluding hydrogens is 338 g/mol. The van der Waals surface area contributed by atoms with E-state index in [4.69, 9.17) is 16.0 Å². The molecular formula is C20H12ClNO3. The summed E-state index contributed by atoms with van der Waals surface area (Å²) >= 11 is 5.98. The first-order valence-electron chi connectivity index (χ1n) is 7.61. The fraction of sp³-hybridized carbons (Fsp3) is 0. The molecule has 0 spiro atoms. The maximum absolute atomic E-state index is 11.6. The molecule has 0 atom stereocenters. The Morgan fingerprint density at radius 1 is 0.960 bits per heavy atom. The lowest BCUT2D eigenvalue weighted by Gasteiger charge is -2.06. The minimum Gasteiger partial charge on any atom is -0.478 e. The van der Waals surface area contributed by atoms with Crippen LogP contribution in [0.25, 0.3) is 33.7 Å². The third kappa shape index (κ3) is 2.88. The van der Waals surface area contributed by atoms with Gasteiger partial charge in [0.05, 0.1) is 11.1 Å². The average molecular weight is 350 g/mol. The summed E-state index contributed by atoms with van der Waals surface area (Å²) in [6.45, 7) is 0. The van der Waals surface area contributed by atoms with Crippen LogP contribution in [0.1, 0.15) is 10.4 Å². The number of halogens is 1. The minimum absolute atomic E-state index is 0.139. The molecule has 0 bridgehead atoms. The van der Waals surface area contributed by atoms with Crippen molar-refractivity contribution in [2.45, 2.75) is 0 Å². The lowest BCUT2D eigenvalue weighted by atomic mass is 10.1. The smallest absolute Gasteiger partial charge is 0.336 e. The summed E-state index contributed by atoms with van der Waals surface area (Å²) in [5, 5.41) is 10.5. The second-order valence-corrected chi connectivity index (χ2v) is 5.99. The molecule has 4 nitrogen and oxygen atoms in total. The third-order valence-electron chi connectivity index (χ3n) is 3.92. The average Bonchev–Trinajstić information content (AvgIpc) is 3.11. The van der Waals surface area contributed by atoms with E-state index in [0.29, 0.717) is 33.1 Å². The number of hydrogen-bond donors (Lipinski definition) is 1. The van der Waals surface area contributed by atoms with Crippen molar-refractivity contribution in [3.05, 3.63) is 77.3 Å². The summed E-state index contributed by atoms with van der Waals surface area (Å²) in [6, 6.07) is 19.8. The van der Waals surface area contributed by atoms with Gasteiger partial charge in [0.2, 0.25) is 0 Å². The van der Waals surface area contributed by atoms with E-state index in [0.717, 1.165) is 5.56 Å². The molecule has 25 heavy (non-hydrogen) atoms. The monoisotopic (exact) mass is 349 g/mol. The molecule has 5 heteroatoms. The molecule has 0 aliphatic rings. The van der Waals surface area contributed by atoms with Gasteiger partial charge in [-0.05, 0) is 36.4 Å². The summed E-state index contributed by atoms with van der Waals surface area (Å²) in [6.07, 6.45) is 0. The second-order valence-electron chi connectivity index (χ2n) is 5.55. The van der Waals surface area contributed by atoms with E-state index in [-0.39, 0.29) is 5.56 Å². The summed E-state index contributed by atoms with van der Waals surface area (Å²) in [7, 11) is 0. The Balaban J connectivity index is 1.86. The Morgan fingerprint density at radius 2 is 1.72 bits per heavy atom. The quantitative estimate of drug-likeness (QED) is 0.529. The Hall–Kier alpha value is -3.11. The zero-order valence-corrected chi connectivity index (χ0v) is 13.7. The molecule has 4 aromatic rings. The maximum atomic E-state index is 11.6. The zero-order chi connectivity index (χ0) is 17.4. The fourth-order valence-corrected chi connectivity index (χ4v) is 2.91. The predicted octanol–water partition coefficient (Wildman–Crippen LogP) is 5.51. The molecule has 0 fully saturated rings. The van der Waals surface area contributed by atoms with Gasteiger partial charge in [-0.3, -0.25) is 0 Å². The Morgan fingerprint density at radius 3 is 2.48 bits per heavy atom. The van der Waals surface area contributed by atoms with Crippen molar-refractivity contribution in [1.82, 2.24) is 4.98 Å². The van der Waals surface area contributed by atoms with Gasteiger partial charge in [0.1, 0.15) is 11.5 Å². The van der Waals surface area contributed by atoms with Gasteiger partial charge in [0, 0.05) is 16.0 Å². The molecule has 0 saturated heterocycles. The first-order valence-corrected chi connectivity index (χ1v) is 7.99. The summed E-state index contributed by atoms with van der Waals surface area (Å²) < 4.78 is 5.88. The Kier molecular flexibility index (Phi) is 3.75. The van der Waals surface area contributed by atoms with E-state index in [1.165, 1.54) is 6.07 Å². The van der Waals surface area contributed by atoms with E-state index in [1.54, 1.807) is 24.3 Å². The van der Waals surface area contributed by atoms with Crippen molar-refractivity contribution in [2.24, 2.45) is 0 Å². The number of hydrogen-bond acceptors (Lipinski definition) is 3. The van der Waals surface area contributed by atoms with Gasteiger partial charge in [0.15, 0.2) is 5.76 Å². The topological polar surface area (TPSA) is 63.3 Å². The van der Waals surface area contributed by atoms with E-state index in [1.807, 2.05) is 36.4 Å². The van der Waals surface area contributed by atoms with Crippen LogP contribution in [0.5, 0.6) is 0 Å². The molecule has 2 heterocycles. The predicted molar refractivity (Wildman–Crippen MR) is 96.9 cm³/mol. The largest absolute Gasteiger partial charge is 0.478 e. The van der Waals surface area contributed by atoms with Crippen LogP contribution in [-0.2, 0) is 0 Å². The molecule has 0 amide bonds. The second kappa shape index (κ2) is 6.07. The van der Waals surface area contributed by atoms with Gasteiger partial charge in [-0.1, -0.05) is 41.9 Å². The number of carboxylic acid groups (broad SMARTS) is 1. The van der Waals surface area contributed by atoms with Gasteiger partial charge in [-0.15, -0.1) is 0 Å². The Bertz CT molecular complexity index is 1090. The summed E-state index contributed by atoms with van der Waals surface area (Å²) in [5.41, 5.74) is 2.10. The van der Waals surface area contributed by atoms with Crippen LogP contribution in [-0.4, -0.2) is 16.1 Å². The van der Waals surface area contributed by atoms with Crippen molar-refractivity contribution in [3.63, 3.8) is 0 Å². The number of fused-ring (bicyclic) bond motifs is 1. The molecule has 0 saturated carbocycles. The molecule has 0 unspecified atom stereocenters. The van der Waals surface area contributed by atoms with E-state index in [9.17, 15) is 9.90 Å². The number of furan rings is 1. The number of aromatic nitrogens is 1. The number of aromatic carboxylic acids is 1. The fourth-order valence-electron chi connectivity index (χ4n) is 2.73. The number of benzene rings is 2. The van der Waals surface area contributed by atoms with Crippen molar-refractivity contribution in [3.8, 4) is 22.8 Å². The van der Waals surface area contributed by atoms with Crippen LogP contribution < -0.4 is 0 Å². The first kappa shape index (κ1) is 15.4. The lowest BCUT2D eigenvalue weighted by molar-refractivity contribution is 0.0699. The number of rotatable bonds is 3. The molecule has 122 valence electrons. The lowest BCUT2D eigenvalue weighted by Crippen LogP contribution is -2.00. The molecule has 2 aromatic heterocycles. The number of pyridine rings is 1. The standard InChI is InChI=1S/C20H12ClNO3/c21-13-6-7-16-14(10-13)15(20(23)24)11-17(22-16)19-9-8-18(25-19)12-4-2-1-3-5-12/h1-11H,(H,23,24). The SMILES string of the molecule is O=C(O)c1cc(-c2ccc(-c3ccccc3)o2)nc2ccc(Cl)cc12. The van der Waals surface area contributed by atoms with Crippen molar-refractivity contribution < 1.29 is 14.3 Å². The van der Waals surface area contributed by atoms with Crippen molar-refractivity contribution in [2.75, 3.05) is 0 Å². The molecule has 4 rings (SSSR count).